The first-order valence-corrected chi connectivity index (χ1v) is 6.86. The summed E-state index contributed by atoms with van der Waals surface area (Å²) in [5, 5.41) is 0.769. The third kappa shape index (κ3) is 2.59. The van der Waals surface area contributed by atoms with E-state index in [4.69, 9.17) is 18.6 Å². The second kappa shape index (κ2) is 6.00. The molecule has 3 rings (SSSR count). The molecule has 2 aromatic heterocycles. The van der Waals surface area contributed by atoms with Crippen LogP contribution in [0.3, 0.4) is 0 Å². The summed E-state index contributed by atoms with van der Waals surface area (Å²) in [6.45, 7) is 0. The van der Waals surface area contributed by atoms with Gasteiger partial charge in [0.1, 0.15) is 23.4 Å². The molecule has 0 amide bonds. The number of nitrogens with zero attached hydrogens (tertiary/aromatic N) is 1. The molecule has 0 saturated carbocycles. The number of furan rings is 1. The van der Waals surface area contributed by atoms with E-state index in [2.05, 4.69) is 4.98 Å². The number of carbonyl (C=O) groups is 1. The number of aromatic nitrogens is 1. The van der Waals surface area contributed by atoms with Crippen LogP contribution in [-0.4, -0.2) is 32.6 Å². The summed E-state index contributed by atoms with van der Waals surface area (Å²) in [6, 6.07) is 8.68. The molecule has 0 fully saturated rings. The molecule has 2 heterocycles. The molecule has 0 spiro atoms. The number of ether oxygens (including phenoxy) is 3. The maximum Gasteiger partial charge on any atom is 0.227 e. The van der Waals surface area contributed by atoms with Gasteiger partial charge in [-0.3, -0.25) is 4.79 Å². The number of aldehydes is 1. The molecule has 0 aliphatic heterocycles. The number of rotatable bonds is 5. The molecule has 3 aromatic rings. The van der Waals surface area contributed by atoms with E-state index in [1.165, 1.54) is 14.2 Å². The Morgan fingerprint density at radius 1 is 1.04 bits per heavy atom. The van der Waals surface area contributed by atoms with Crippen molar-refractivity contribution >= 4 is 17.3 Å². The van der Waals surface area contributed by atoms with Crippen LogP contribution in [0, 0.1) is 0 Å². The minimum atomic E-state index is 0.387. The maximum absolute atomic E-state index is 11.0. The second-order valence-electron chi connectivity index (χ2n) is 4.77. The molecule has 1 aromatic carbocycles. The van der Waals surface area contributed by atoms with Crippen LogP contribution in [0.1, 0.15) is 10.4 Å². The van der Waals surface area contributed by atoms with Gasteiger partial charge in [0.15, 0.2) is 0 Å². The second-order valence-corrected chi connectivity index (χ2v) is 4.77. The lowest BCUT2D eigenvalue weighted by molar-refractivity contribution is 0.112. The van der Waals surface area contributed by atoms with E-state index in [-0.39, 0.29) is 0 Å². The molecule has 0 N–H and O–H groups in total. The van der Waals surface area contributed by atoms with Crippen molar-refractivity contribution in [3.8, 4) is 28.8 Å². The quantitative estimate of drug-likeness (QED) is 0.673. The molecule has 0 aliphatic rings. The molecule has 6 heteroatoms. The highest BCUT2D eigenvalue weighted by Gasteiger charge is 2.16. The predicted octanol–water partition coefficient (Wildman–Crippen LogP) is 3.33. The molecular weight excluding hydrogens is 298 g/mol. The van der Waals surface area contributed by atoms with Crippen molar-refractivity contribution in [3.63, 3.8) is 0 Å². The average Bonchev–Trinajstić information content (AvgIpc) is 3.03. The monoisotopic (exact) mass is 313 g/mol. The molecular formula is C17H15NO5. The van der Waals surface area contributed by atoms with Gasteiger partial charge in [-0.05, 0) is 24.3 Å². The molecule has 0 unspecified atom stereocenters. The summed E-state index contributed by atoms with van der Waals surface area (Å²) in [7, 11) is 4.61. The zero-order valence-electron chi connectivity index (χ0n) is 13.0. The minimum absolute atomic E-state index is 0.387. The Morgan fingerprint density at radius 2 is 1.87 bits per heavy atom. The van der Waals surface area contributed by atoms with Crippen LogP contribution in [0.4, 0.5) is 0 Å². The van der Waals surface area contributed by atoms with Crippen molar-refractivity contribution in [2.24, 2.45) is 0 Å². The number of fused-ring (bicyclic) bond motifs is 1. The van der Waals surface area contributed by atoms with E-state index in [1.807, 2.05) is 6.07 Å². The molecule has 0 saturated heterocycles. The third-order valence-corrected chi connectivity index (χ3v) is 3.48. The van der Waals surface area contributed by atoms with Gasteiger partial charge >= 0.3 is 0 Å². The standard InChI is InChI=1S/C17H15NO5/c1-20-13-6-10(9-19)7-14-12(13)8-15(23-14)11-4-5-16(21-2)18-17(11)22-3/h4-9H,1-3H3. The Bertz CT molecular complexity index is 869. The fourth-order valence-corrected chi connectivity index (χ4v) is 2.38. The normalized spacial score (nSPS) is 10.6. The van der Waals surface area contributed by atoms with Crippen molar-refractivity contribution in [2.75, 3.05) is 21.3 Å². The lowest BCUT2D eigenvalue weighted by Gasteiger charge is -2.06. The van der Waals surface area contributed by atoms with Crippen molar-refractivity contribution < 1.29 is 23.4 Å². The Morgan fingerprint density at radius 3 is 2.52 bits per heavy atom. The van der Waals surface area contributed by atoms with E-state index >= 15 is 0 Å². The Balaban J connectivity index is 2.19. The van der Waals surface area contributed by atoms with Crippen LogP contribution >= 0.6 is 0 Å². The van der Waals surface area contributed by atoms with E-state index < -0.39 is 0 Å². The summed E-state index contributed by atoms with van der Waals surface area (Å²) in [5.74, 6) is 1.97. The van der Waals surface area contributed by atoms with Crippen molar-refractivity contribution in [2.45, 2.75) is 0 Å². The SMILES string of the molecule is COc1ccc(-c2cc3c(OC)cc(C=O)cc3o2)c(OC)n1. The van der Waals surface area contributed by atoms with Crippen LogP contribution in [0.25, 0.3) is 22.3 Å². The number of methoxy groups -OCH3 is 3. The third-order valence-electron chi connectivity index (χ3n) is 3.48. The van der Waals surface area contributed by atoms with Gasteiger partial charge in [0.25, 0.3) is 0 Å². The van der Waals surface area contributed by atoms with E-state index in [0.717, 1.165) is 11.7 Å². The highest BCUT2D eigenvalue weighted by atomic mass is 16.5. The van der Waals surface area contributed by atoms with Crippen molar-refractivity contribution in [1.82, 2.24) is 4.98 Å². The van der Waals surface area contributed by atoms with E-state index in [0.29, 0.717) is 40.0 Å². The molecule has 0 bridgehead atoms. The van der Waals surface area contributed by atoms with Gasteiger partial charge in [-0.2, -0.15) is 4.98 Å². The highest BCUT2D eigenvalue weighted by Crippen LogP contribution is 2.37. The first-order valence-electron chi connectivity index (χ1n) is 6.86. The van der Waals surface area contributed by atoms with E-state index in [9.17, 15) is 4.79 Å². The summed E-state index contributed by atoms with van der Waals surface area (Å²) in [4.78, 5) is 15.3. The van der Waals surface area contributed by atoms with Crippen molar-refractivity contribution in [1.29, 1.82) is 0 Å². The maximum atomic E-state index is 11.0. The summed E-state index contributed by atoms with van der Waals surface area (Å²) in [6.07, 6.45) is 0.750. The first kappa shape index (κ1) is 14.9. The summed E-state index contributed by atoms with van der Waals surface area (Å²) < 4.78 is 21.6. The minimum Gasteiger partial charge on any atom is -0.496 e. The lowest BCUT2D eigenvalue weighted by Crippen LogP contribution is -1.94. The predicted molar refractivity (Wildman–Crippen MR) is 84.5 cm³/mol. The number of hydrogen-bond donors (Lipinski definition) is 0. The van der Waals surface area contributed by atoms with Gasteiger partial charge in [0.05, 0.1) is 32.3 Å². The topological polar surface area (TPSA) is 70.8 Å². The zero-order chi connectivity index (χ0) is 16.4. The fourth-order valence-electron chi connectivity index (χ4n) is 2.38. The lowest BCUT2D eigenvalue weighted by atomic mass is 10.1. The fraction of sp³-hybridized carbons (Fsp3) is 0.176. The summed E-state index contributed by atoms with van der Waals surface area (Å²) in [5.41, 5.74) is 1.72. The molecule has 23 heavy (non-hydrogen) atoms. The van der Waals surface area contributed by atoms with Gasteiger partial charge in [-0.1, -0.05) is 0 Å². The molecule has 0 aliphatic carbocycles. The van der Waals surface area contributed by atoms with Crippen LogP contribution in [0.2, 0.25) is 0 Å². The molecule has 0 atom stereocenters. The van der Waals surface area contributed by atoms with Gasteiger partial charge in [-0.25, -0.2) is 0 Å². The van der Waals surface area contributed by atoms with Gasteiger partial charge in [-0.15, -0.1) is 0 Å². The van der Waals surface area contributed by atoms with Crippen LogP contribution in [-0.2, 0) is 0 Å². The Kier molecular flexibility index (Phi) is 3.89. The number of benzene rings is 1. The molecule has 118 valence electrons. The van der Waals surface area contributed by atoms with Gasteiger partial charge in [0, 0.05) is 11.6 Å². The van der Waals surface area contributed by atoms with Gasteiger partial charge < -0.3 is 18.6 Å². The number of hydrogen-bond acceptors (Lipinski definition) is 6. The Labute approximate surface area is 132 Å². The van der Waals surface area contributed by atoms with Crippen molar-refractivity contribution in [3.05, 3.63) is 35.9 Å². The van der Waals surface area contributed by atoms with Crippen LogP contribution in [0.15, 0.2) is 34.7 Å². The summed E-state index contributed by atoms with van der Waals surface area (Å²) >= 11 is 0. The highest BCUT2D eigenvalue weighted by molar-refractivity contribution is 5.93. The zero-order valence-corrected chi connectivity index (χ0v) is 13.0. The number of pyridine rings is 1. The number of carbonyl (C=O) groups excluding carboxylic acids is 1. The molecule has 0 radical (unpaired) electrons. The van der Waals surface area contributed by atoms with Gasteiger partial charge in [0.2, 0.25) is 11.8 Å². The first-order chi connectivity index (χ1) is 11.2. The Hall–Kier alpha value is -3.02. The van der Waals surface area contributed by atoms with Crippen LogP contribution in [0.5, 0.6) is 17.5 Å². The largest absolute Gasteiger partial charge is 0.496 e. The average molecular weight is 313 g/mol. The smallest absolute Gasteiger partial charge is 0.227 e. The molecule has 6 nitrogen and oxygen atoms in total. The van der Waals surface area contributed by atoms with Crippen LogP contribution < -0.4 is 14.2 Å². The van der Waals surface area contributed by atoms with E-state index in [1.54, 1.807) is 31.4 Å².